The third-order valence-corrected chi connectivity index (χ3v) is 4.35. The fourth-order valence-corrected chi connectivity index (χ4v) is 2.87. The molecule has 1 atom stereocenters. The quantitative estimate of drug-likeness (QED) is 0.625. The molecule has 0 saturated heterocycles. The number of methoxy groups -OCH3 is 1. The molecule has 1 unspecified atom stereocenters. The fourth-order valence-electron chi connectivity index (χ4n) is 2.87. The number of nitrogens with two attached hydrogens (primary N) is 1. The first-order valence-electron chi connectivity index (χ1n) is 8.71. The van der Waals surface area contributed by atoms with Gasteiger partial charge in [-0.25, -0.2) is 4.98 Å². The Kier molecular flexibility index (Phi) is 5.83. The number of fused-ring (bicyclic) bond motifs is 1. The lowest BCUT2D eigenvalue weighted by Gasteiger charge is -2.18. The summed E-state index contributed by atoms with van der Waals surface area (Å²) in [6.45, 7) is 0.416. The molecule has 0 bridgehead atoms. The molecule has 0 aliphatic heterocycles. The zero-order valence-electron chi connectivity index (χ0n) is 15.1. The molecule has 7 nitrogen and oxygen atoms in total. The molecule has 7 heteroatoms. The normalized spacial score (nSPS) is 11.9. The number of pyridine rings is 1. The van der Waals surface area contributed by atoms with Crippen LogP contribution in [0, 0.1) is 0 Å². The molecule has 1 aromatic carbocycles. The van der Waals surface area contributed by atoms with E-state index >= 15 is 0 Å². The molecule has 0 aliphatic carbocycles. The van der Waals surface area contributed by atoms with Crippen LogP contribution in [0.3, 0.4) is 0 Å². The Bertz CT molecular complexity index is 937. The Morgan fingerprint density at radius 3 is 2.67 bits per heavy atom. The molecule has 0 saturated carbocycles. The van der Waals surface area contributed by atoms with E-state index in [-0.39, 0.29) is 24.3 Å². The van der Waals surface area contributed by atoms with E-state index in [9.17, 15) is 9.59 Å². The summed E-state index contributed by atoms with van der Waals surface area (Å²) < 4.78 is 6.49. The van der Waals surface area contributed by atoms with Crippen LogP contribution in [0.2, 0.25) is 0 Å². The average molecular weight is 366 g/mol. The topological polar surface area (TPSA) is 98.7 Å². The first-order chi connectivity index (χ1) is 13.1. The minimum absolute atomic E-state index is 0.210. The maximum Gasteiger partial charge on any atom is 0.305 e. The summed E-state index contributed by atoms with van der Waals surface area (Å²) >= 11 is 0. The average Bonchev–Trinajstić information content (AvgIpc) is 3.14. The van der Waals surface area contributed by atoms with E-state index in [1.54, 1.807) is 10.6 Å². The van der Waals surface area contributed by atoms with Gasteiger partial charge in [-0.3, -0.25) is 9.59 Å². The van der Waals surface area contributed by atoms with Gasteiger partial charge in [0.1, 0.15) is 11.3 Å². The first kappa shape index (κ1) is 18.6. The van der Waals surface area contributed by atoms with Gasteiger partial charge in [0.05, 0.1) is 13.2 Å². The highest BCUT2D eigenvalue weighted by Gasteiger charge is 2.19. The van der Waals surface area contributed by atoms with E-state index in [1.807, 2.05) is 48.7 Å². The van der Waals surface area contributed by atoms with E-state index in [2.05, 4.69) is 10.3 Å². The van der Waals surface area contributed by atoms with Gasteiger partial charge in [-0.2, -0.15) is 0 Å². The number of nitrogens with one attached hydrogen (secondary N) is 1. The lowest BCUT2D eigenvalue weighted by atomic mass is 10.0. The van der Waals surface area contributed by atoms with Gasteiger partial charge in [-0.15, -0.1) is 0 Å². The van der Waals surface area contributed by atoms with Crippen molar-refractivity contribution in [2.45, 2.75) is 25.4 Å². The molecule has 140 valence electrons. The fraction of sp³-hybridized carbons (Fsp3) is 0.250. The molecule has 1 amide bonds. The largest absolute Gasteiger partial charge is 0.469 e. The van der Waals surface area contributed by atoms with Gasteiger partial charge in [0.2, 0.25) is 0 Å². The number of hydrogen-bond donors (Lipinski definition) is 2. The van der Waals surface area contributed by atoms with Gasteiger partial charge in [0.25, 0.3) is 5.91 Å². The van der Waals surface area contributed by atoms with Crippen LogP contribution in [-0.4, -0.2) is 28.4 Å². The lowest BCUT2D eigenvalue weighted by molar-refractivity contribution is -0.140. The van der Waals surface area contributed by atoms with Crippen molar-refractivity contribution in [2.75, 3.05) is 7.11 Å². The molecule has 0 spiro atoms. The van der Waals surface area contributed by atoms with E-state index in [0.29, 0.717) is 24.3 Å². The Morgan fingerprint density at radius 2 is 1.96 bits per heavy atom. The summed E-state index contributed by atoms with van der Waals surface area (Å²) in [6, 6.07) is 12.9. The van der Waals surface area contributed by atoms with Crippen molar-refractivity contribution < 1.29 is 14.3 Å². The molecular weight excluding hydrogens is 344 g/mol. The lowest BCUT2D eigenvalue weighted by Crippen LogP contribution is -2.29. The molecule has 3 rings (SSSR count). The van der Waals surface area contributed by atoms with Crippen LogP contribution < -0.4 is 11.1 Å². The highest BCUT2D eigenvalue weighted by atomic mass is 16.5. The molecule has 27 heavy (non-hydrogen) atoms. The number of benzene rings is 1. The van der Waals surface area contributed by atoms with Crippen LogP contribution in [-0.2, 0) is 16.1 Å². The number of rotatable bonds is 7. The summed E-state index contributed by atoms with van der Waals surface area (Å²) in [5, 5.41) is 2.97. The molecule has 2 heterocycles. The van der Waals surface area contributed by atoms with Gasteiger partial charge >= 0.3 is 5.97 Å². The predicted molar refractivity (Wildman–Crippen MR) is 101 cm³/mol. The Morgan fingerprint density at radius 1 is 1.19 bits per heavy atom. The van der Waals surface area contributed by atoms with E-state index in [4.69, 9.17) is 10.5 Å². The van der Waals surface area contributed by atoms with Gasteiger partial charge in [-0.05, 0) is 23.6 Å². The van der Waals surface area contributed by atoms with Gasteiger partial charge in [-0.1, -0.05) is 36.4 Å². The number of nitrogens with zero attached hydrogens (tertiary/aromatic N) is 2. The van der Waals surface area contributed by atoms with Gasteiger partial charge in [0, 0.05) is 25.4 Å². The van der Waals surface area contributed by atoms with Crippen LogP contribution in [0.4, 0.5) is 0 Å². The van der Waals surface area contributed by atoms with Crippen LogP contribution in [0.5, 0.6) is 0 Å². The van der Waals surface area contributed by atoms with E-state index in [1.165, 1.54) is 7.11 Å². The number of hydrogen-bond acceptors (Lipinski definition) is 5. The molecular formula is C20H22N4O3. The number of aromatic nitrogens is 2. The number of esters is 1. The predicted octanol–water partition coefficient (Wildman–Crippen LogP) is 2.22. The van der Waals surface area contributed by atoms with Crippen LogP contribution in [0.1, 0.15) is 40.5 Å². The van der Waals surface area contributed by atoms with Crippen LogP contribution >= 0.6 is 0 Å². The van der Waals surface area contributed by atoms with Gasteiger partial charge < -0.3 is 20.2 Å². The van der Waals surface area contributed by atoms with E-state index in [0.717, 1.165) is 11.1 Å². The second-order valence-corrected chi connectivity index (χ2v) is 6.18. The summed E-state index contributed by atoms with van der Waals surface area (Å²) in [5.41, 5.74) is 8.51. The SMILES string of the molecule is COC(=O)CCC(NC(=O)c1cn2cc(CN)ccc2n1)c1ccccc1. The van der Waals surface area contributed by atoms with Crippen LogP contribution in [0.15, 0.2) is 54.9 Å². The zero-order chi connectivity index (χ0) is 19.2. The molecule has 0 radical (unpaired) electrons. The molecule has 2 aromatic heterocycles. The summed E-state index contributed by atoms with van der Waals surface area (Å²) in [6.07, 6.45) is 4.17. The number of carbonyl (C=O) groups excluding carboxylic acids is 2. The molecule has 3 aromatic rings. The summed E-state index contributed by atoms with van der Waals surface area (Å²) in [4.78, 5) is 28.6. The van der Waals surface area contributed by atoms with Crippen LogP contribution in [0.25, 0.3) is 5.65 Å². The first-order valence-corrected chi connectivity index (χ1v) is 8.71. The maximum atomic E-state index is 12.7. The third-order valence-electron chi connectivity index (χ3n) is 4.35. The van der Waals surface area contributed by atoms with Crippen molar-refractivity contribution >= 4 is 17.5 Å². The summed E-state index contributed by atoms with van der Waals surface area (Å²) in [5.74, 6) is -0.612. The third kappa shape index (κ3) is 4.51. The van der Waals surface area contributed by atoms with Crippen molar-refractivity contribution in [3.63, 3.8) is 0 Å². The van der Waals surface area contributed by atoms with Crippen molar-refractivity contribution in [3.8, 4) is 0 Å². The monoisotopic (exact) mass is 366 g/mol. The zero-order valence-corrected chi connectivity index (χ0v) is 15.1. The summed E-state index contributed by atoms with van der Waals surface area (Å²) in [7, 11) is 1.35. The minimum atomic E-state index is -0.317. The Balaban J connectivity index is 1.80. The van der Waals surface area contributed by atoms with Gasteiger partial charge in [0.15, 0.2) is 0 Å². The molecule has 0 fully saturated rings. The van der Waals surface area contributed by atoms with Crippen molar-refractivity contribution in [1.82, 2.24) is 14.7 Å². The Labute approximate surface area is 157 Å². The second-order valence-electron chi connectivity index (χ2n) is 6.18. The molecule has 3 N–H and O–H groups in total. The minimum Gasteiger partial charge on any atom is -0.469 e. The Hall–Kier alpha value is -3.19. The van der Waals surface area contributed by atoms with Crippen molar-refractivity contribution in [2.24, 2.45) is 5.73 Å². The number of amides is 1. The van der Waals surface area contributed by atoms with Crippen molar-refractivity contribution in [1.29, 1.82) is 0 Å². The highest BCUT2D eigenvalue weighted by Crippen LogP contribution is 2.19. The number of ether oxygens (including phenoxy) is 1. The highest BCUT2D eigenvalue weighted by molar-refractivity contribution is 5.93. The smallest absolute Gasteiger partial charge is 0.305 e. The second kappa shape index (κ2) is 8.46. The number of imidazole rings is 1. The molecule has 0 aliphatic rings. The van der Waals surface area contributed by atoms with Crippen molar-refractivity contribution in [3.05, 3.63) is 71.7 Å². The number of carbonyl (C=O) groups is 2. The maximum absolute atomic E-state index is 12.7. The standard InChI is InChI=1S/C20H22N4O3/c1-27-19(25)10-8-16(15-5-3-2-4-6-15)23-20(26)17-13-24-12-14(11-21)7-9-18(24)22-17/h2-7,9,12-13,16H,8,10-11,21H2,1H3,(H,23,26). The van der Waals surface area contributed by atoms with E-state index < -0.39 is 0 Å².